The van der Waals surface area contributed by atoms with Crippen molar-refractivity contribution in [3.05, 3.63) is 59.2 Å². The molecule has 0 spiro atoms. The van der Waals surface area contributed by atoms with Gasteiger partial charge in [-0.25, -0.2) is 9.37 Å². The Kier molecular flexibility index (Phi) is 3.24. The largest absolute Gasteiger partial charge is 0.399 e. The molecule has 3 aromatic rings. The molecule has 0 saturated carbocycles. The molecule has 2 nitrogen and oxygen atoms in total. The number of nitrogens with zero attached hydrogens (tertiary/aromatic N) is 1. The van der Waals surface area contributed by atoms with Crippen LogP contribution in [0.15, 0.2) is 48.5 Å². The molecule has 0 bridgehead atoms. The van der Waals surface area contributed by atoms with Crippen molar-refractivity contribution in [2.45, 2.75) is 6.92 Å². The van der Waals surface area contributed by atoms with E-state index in [1.54, 1.807) is 23.5 Å². The average molecular weight is 284 g/mol. The van der Waals surface area contributed by atoms with Crippen molar-refractivity contribution in [2.24, 2.45) is 0 Å². The lowest BCUT2D eigenvalue weighted by atomic mass is 10.1. The van der Waals surface area contributed by atoms with Crippen molar-refractivity contribution in [3.63, 3.8) is 0 Å². The van der Waals surface area contributed by atoms with Crippen molar-refractivity contribution in [2.75, 3.05) is 5.73 Å². The van der Waals surface area contributed by atoms with Gasteiger partial charge in [-0.3, -0.25) is 0 Å². The number of hydrogen-bond donors (Lipinski definition) is 1. The van der Waals surface area contributed by atoms with Crippen molar-refractivity contribution >= 4 is 17.0 Å². The molecule has 0 aliphatic carbocycles. The van der Waals surface area contributed by atoms with Crippen LogP contribution in [0.3, 0.4) is 0 Å². The van der Waals surface area contributed by atoms with Crippen molar-refractivity contribution in [3.8, 4) is 21.8 Å². The molecule has 2 aromatic carbocycles. The zero-order valence-electron chi connectivity index (χ0n) is 10.9. The Labute approximate surface area is 120 Å². The molecule has 2 N–H and O–H groups in total. The van der Waals surface area contributed by atoms with Crippen molar-refractivity contribution in [1.29, 1.82) is 0 Å². The summed E-state index contributed by atoms with van der Waals surface area (Å²) in [5.41, 5.74) is 8.65. The fraction of sp³-hybridized carbons (Fsp3) is 0.0625. The van der Waals surface area contributed by atoms with E-state index >= 15 is 0 Å². The van der Waals surface area contributed by atoms with Gasteiger partial charge in [0.25, 0.3) is 0 Å². The van der Waals surface area contributed by atoms with Crippen molar-refractivity contribution in [1.82, 2.24) is 4.98 Å². The number of benzene rings is 2. The zero-order chi connectivity index (χ0) is 14.1. The summed E-state index contributed by atoms with van der Waals surface area (Å²) < 4.78 is 13.9. The Hall–Kier alpha value is -2.20. The Morgan fingerprint density at radius 3 is 2.45 bits per heavy atom. The SMILES string of the molecule is Cc1sc(-c2ccc(N)cc2)nc1-c1ccccc1F. The number of nitrogen functional groups attached to an aromatic ring is 1. The molecule has 0 unspecified atom stereocenters. The predicted octanol–water partition coefficient (Wildman–Crippen LogP) is 4.51. The molecule has 4 heteroatoms. The van der Waals surface area contributed by atoms with Gasteiger partial charge in [-0.05, 0) is 43.3 Å². The Bertz CT molecular complexity index is 747. The number of anilines is 1. The lowest BCUT2D eigenvalue weighted by Crippen LogP contribution is -1.86. The minimum atomic E-state index is -0.246. The standard InChI is InChI=1S/C16H13FN2S/c1-10-15(13-4-2-3-5-14(13)17)19-16(20-10)11-6-8-12(18)9-7-11/h2-9H,18H2,1H3. The maximum absolute atomic E-state index is 13.9. The summed E-state index contributed by atoms with van der Waals surface area (Å²) >= 11 is 1.56. The van der Waals surface area contributed by atoms with Crippen LogP contribution in [0.4, 0.5) is 10.1 Å². The normalized spacial score (nSPS) is 10.7. The number of halogens is 1. The summed E-state index contributed by atoms with van der Waals surface area (Å²) in [6.07, 6.45) is 0. The highest BCUT2D eigenvalue weighted by Gasteiger charge is 2.14. The van der Waals surface area contributed by atoms with E-state index < -0.39 is 0 Å². The molecule has 100 valence electrons. The van der Waals surface area contributed by atoms with Crippen LogP contribution in [-0.4, -0.2) is 4.98 Å². The quantitative estimate of drug-likeness (QED) is 0.703. The second kappa shape index (κ2) is 5.06. The molecule has 1 aromatic heterocycles. The fourth-order valence-electron chi connectivity index (χ4n) is 2.05. The molecule has 0 aliphatic heterocycles. The van der Waals surface area contributed by atoms with E-state index in [1.807, 2.05) is 37.3 Å². The van der Waals surface area contributed by atoms with Gasteiger partial charge in [0, 0.05) is 21.7 Å². The minimum absolute atomic E-state index is 0.246. The molecule has 0 amide bonds. The summed E-state index contributed by atoms with van der Waals surface area (Å²) in [6.45, 7) is 1.96. The van der Waals surface area contributed by atoms with E-state index in [9.17, 15) is 4.39 Å². The molecule has 0 radical (unpaired) electrons. The Balaban J connectivity index is 2.08. The minimum Gasteiger partial charge on any atom is -0.399 e. The lowest BCUT2D eigenvalue weighted by Gasteiger charge is -2.00. The smallest absolute Gasteiger partial charge is 0.132 e. The number of thiazole rings is 1. The van der Waals surface area contributed by atoms with Gasteiger partial charge in [0.2, 0.25) is 0 Å². The first-order chi connectivity index (χ1) is 9.65. The van der Waals surface area contributed by atoms with Gasteiger partial charge >= 0.3 is 0 Å². The van der Waals surface area contributed by atoms with Crippen LogP contribution in [0.25, 0.3) is 21.8 Å². The third-order valence-electron chi connectivity index (χ3n) is 3.08. The molecular weight excluding hydrogens is 271 g/mol. The summed E-state index contributed by atoms with van der Waals surface area (Å²) in [5, 5.41) is 0.876. The Morgan fingerprint density at radius 1 is 1.05 bits per heavy atom. The first kappa shape index (κ1) is 12.8. The van der Waals surface area contributed by atoms with Crippen LogP contribution in [0.1, 0.15) is 4.88 Å². The summed E-state index contributed by atoms with van der Waals surface area (Å²) in [7, 11) is 0. The van der Waals surface area contributed by atoms with Gasteiger partial charge < -0.3 is 5.73 Å². The first-order valence-corrected chi connectivity index (χ1v) is 7.05. The van der Waals surface area contributed by atoms with E-state index in [4.69, 9.17) is 5.73 Å². The van der Waals surface area contributed by atoms with Gasteiger partial charge in [0.05, 0.1) is 5.69 Å². The third-order valence-corrected chi connectivity index (χ3v) is 4.10. The molecular formula is C16H13FN2S. The van der Waals surface area contributed by atoms with Gasteiger partial charge in [0.15, 0.2) is 0 Å². The highest BCUT2D eigenvalue weighted by molar-refractivity contribution is 7.15. The Morgan fingerprint density at radius 2 is 1.75 bits per heavy atom. The van der Waals surface area contributed by atoms with Gasteiger partial charge in [-0.1, -0.05) is 12.1 Å². The molecule has 20 heavy (non-hydrogen) atoms. The molecule has 0 aliphatic rings. The lowest BCUT2D eigenvalue weighted by molar-refractivity contribution is 0.631. The zero-order valence-corrected chi connectivity index (χ0v) is 11.7. The van der Waals surface area contributed by atoms with E-state index in [0.717, 1.165) is 21.1 Å². The van der Waals surface area contributed by atoms with E-state index in [0.29, 0.717) is 11.3 Å². The number of rotatable bonds is 2. The van der Waals surface area contributed by atoms with Crippen LogP contribution in [0.5, 0.6) is 0 Å². The van der Waals surface area contributed by atoms with Gasteiger partial charge in [-0.2, -0.15) is 0 Å². The summed E-state index contributed by atoms with van der Waals surface area (Å²) in [6, 6.07) is 14.3. The van der Waals surface area contributed by atoms with E-state index in [1.165, 1.54) is 6.07 Å². The number of aryl methyl sites for hydroxylation is 1. The second-order valence-corrected chi connectivity index (χ2v) is 5.73. The first-order valence-electron chi connectivity index (χ1n) is 6.23. The monoisotopic (exact) mass is 284 g/mol. The number of nitrogens with two attached hydrogens (primary N) is 1. The average Bonchev–Trinajstić information content (AvgIpc) is 2.82. The topological polar surface area (TPSA) is 38.9 Å². The van der Waals surface area contributed by atoms with Crippen molar-refractivity contribution < 1.29 is 4.39 Å². The van der Waals surface area contributed by atoms with E-state index in [2.05, 4.69) is 4.98 Å². The maximum atomic E-state index is 13.9. The molecule has 0 fully saturated rings. The number of hydrogen-bond acceptors (Lipinski definition) is 3. The highest BCUT2D eigenvalue weighted by atomic mass is 32.1. The second-order valence-electron chi connectivity index (χ2n) is 4.53. The van der Waals surface area contributed by atoms with Crippen LogP contribution in [-0.2, 0) is 0 Å². The van der Waals surface area contributed by atoms with Gasteiger partial charge in [0.1, 0.15) is 10.8 Å². The summed E-state index contributed by atoms with van der Waals surface area (Å²) in [5.74, 6) is -0.246. The summed E-state index contributed by atoms with van der Waals surface area (Å²) in [4.78, 5) is 5.58. The molecule has 3 rings (SSSR count). The van der Waals surface area contributed by atoms with Crippen LogP contribution in [0.2, 0.25) is 0 Å². The van der Waals surface area contributed by atoms with Crippen LogP contribution < -0.4 is 5.73 Å². The molecule has 0 atom stereocenters. The fourth-order valence-corrected chi connectivity index (χ4v) is 2.98. The molecule has 1 heterocycles. The number of aromatic nitrogens is 1. The predicted molar refractivity (Wildman–Crippen MR) is 82.1 cm³/mol. The maximum Gasteiger partial charge on any atom is 0.132 e. The third kappa shape index (κ3) is 2.30. The van der Waals surface area contributed by atoms with Crippen LogP contribution >= 0.6 is 11.3 Å². The van der Waals surface area contributed by atoms with E-state index in [-0.39, 0.29) is 5.82 Å². The molecule has 0 saturated heterocycles. The van der Waals surface area contributed by atoms with Gasteiger partial charge in [-0.15, -0.1) is 11.3 Å². The highest BCUT2D eigenvalue weighted by Crippen LogP contribution is 2.34. The van der Waals surface area contributed by atoms with Crippen LogP contribution in [0, 0.1) is 12.7 Å².